The van der Waals surface area contributed by atoms with Crippen LogP contribution in [0.5, 0.6) is 0 Å². The van der Waals surface area contributed by atoms with Gasteiger partial charge in [-0.3, -0.25) is 0 Å². The zero-order valence-corrected chi connectivity index (χ0v) is 11.1. The van der Waals surface area contributed by atoms with Gasteiger partial charge in [-0.05, 0) is 62.8 Å². The van der Waals surface area contributed by atoms with Crippen LogP contribution < -0.4 is 10.6 Å². The Morgan fingerprint density at radius 1 is 1.12 bits per heavy atom. The molecule has 1 saturated carbocycles. The Kier molecular flexibility index (Phi) is 3.72. The van der Waals surface area contributed by atoms with E-state index >= 15 is 0 Å². The molecule has 1 fully saturated rings. The van der Waals surface area contributed by atoms with Crippen LogP contribution in [0, 0.1) is 5.41 Å². The molecule has 2 heteroatoms. The number of nitrogens with zero attached hydrogens (tertiary/aromatic N) is 1. The molecule has 0 unspecified atom stereocenters. The van der Waals surface area contributed by atoms with Crippen molar-refractivity contribution >= 4 is 5.69 Å². The number of nitrogens with two attached hydrogens (primary N) is 1. The van der Waals surface area contributed by atoms with Gasteiger partial charge in [0, 0.05) is 18.8 Å². The van der Waals surface area contributed by atoms with E-state index in [0.717, 1.165) is 26.1 Å². The minimum atomic E-state index is 0.441. The standard InChI is InChI=1S/C15H24N2/c1-3-17(4-2)14-7-5-13(6-8-14)11-15(12-16)9-10-15/h5-8H,3-4,9-12,16H2,1-2H3. The van der Waals surface area contributed by atoms with Crippen molar-refractivity contribution in [3.05, 3.63) is 29.8 Å². The summed E-state index contributed by atoms with van der Waals surface area (Å²) in [6.07, 6.45) is 3.77. The van der Waals surface area contributed by atoms with E-state index in [1.807, 2.05) is 0 Å². The minimum absolute atomic E-state index is 0.441. The van der Waals surface area contributed by atoms with Gasteiger partial charge in [0.2, 0.25) is 0 Å². The van der Waals surface area contributed by atoms with Gasteiger partial charge >= 0.3 is 0 Å². The molecule has 0 atom stereocenters. The highest BCUT2D eigenvalue weighted by atomic mass is 15.1. The maximum atomic E-state index is 5.83. The third-order valence-corrected chi connectivity index (χ3v) is 4.03. The zero-order chi connectivity index (χ0) is 12.3. The molecule has 0 saturated heterocycles. The van der Waals surface area contributed by atoms with Crippen LogP contribution in [-0.4, -0.2) is 19.6 Å². The van der Waals surface area contributed by atoms with Gasteiger partial charge in [-0.2, -0.15) is 0 Å². The molecule has 1 aliphatic rings. The molecule has 0 amide bonds. The summed E-state index contributed by atoms with van der Waals surface area (Å²) in [5, 5.41) is 0. The number of hydrogen-bond donors (Lipinski definition) is 1. The van der Waals surface area contributed by atoms with Crippen molar-refractivity contribution < 1.29 is 0 Å². The second-order valence-corrected chi connectivity index (χ2v) is 5.22. The number of benzene rings is 1. The summed E-state index contributed by atoms with van der Waals surface area (Å²) in [7, 11) is 0. The van der Waals surface area contributed by atoms with E-state index in [1.165, 1.54) is 24.1 Å². The molecule has 1 aromatic rings. The molecule has 2 rings (SSSR count). The monoisotopic (exact) mass is 232 g/mol. The van der Waals surface area contributed by atoms with E-state index in [9.17, 15) is 0 Å². The van der Waals surface area contributed by atoms with Crippen molar-refractivity contribution in [1.29, 1.82) is 0 Å². The van der Waals surface area contributed by atoms with Crippen LogP contribution >= 0.6 is 0 Å². The predicted molar refractivity (Wildman–Crippen MR) is 74.4 cm³/mol. The molecule has 0 bridgehead atoms. The molecule has 17 heavy (non-hydrogen) atoms. The predicted octanol–water partition coefficient (Wildman–Crippen LogP) is 2.81. The molecule has 1 aliphatic carbocycles. The van der Waals surface area contributed by atoms with Crippen molar-refractivity contribution in [2.75, 3.05) is 24.5 Å². The van der Waals surface area contributed by atoms with Gasteiger partial charge in [-0.25, -0.2) is 0 Å². The Bertz CT molecular complexity index is 348. The summed E-state index contributed by atoms with van der Waals surface area (Å²) in [6, 6.07) is 9.02. The first-order valence-corrected chi connectivity index (χ1v) is 6.77. The van der Waals surface area contributed by atoms with Gasteiger partial charge in [0.15, 0.2) is 0 Å². The molecular formula is C15H24N2. The van der Waals surface area contributed by atoms with Crippen molar-refractivity contribution in [3.8, 4) is 0 Å². The molecular weight excluding hydrogens is 208 g/mol. The number of hydrogen-bond acceptors (Lipinski definition) is 2. The summed E-state index contributed by atoms with van der Waals surface area (Å²) in [4.78, 5) is 2.37. The normalized spacial score (nSPS) is 16.9. The smallest absolute Gasteiger partial charge is 0.0366 e. The summed E-state index contributed by atoms with van der Waals surface area (Å²) < 4.78 is 0. The van der Waals surface area contributed by atoms with Gasteiger partial charge in [-0.1, -0.05) is 12.1 Å². The summed E-state index contributed by atoms with van der Waals surface area (Å²) in [6.45, 7) is 7.38. The number of rotatable bonds is 6. The second kappa shape index (κ2) is 5.09. The van der Waals surface area contributed by atoms with Crippen LogP contribution in [-0.2, 0) is 6.42 Å². The zero-order valence-electron chi connectivity index (χ0n) is 11.1. The van der Waals surface area contributed by atoms with Crippen molar-refractivity contribution in [1.82, 2.24) is 0 Å². The van der Waals surface area contributed by atoms with Gasteiger partial charge in [0.25, 0.3) is 0 Å². The van der Waals surface area contributed by atoms with Gasteiger partial charge in [0.05, 0.1) is 0 Å². The number of anilines is 1. The average molecular weight is 232 g/mol. The fourth-order valence-corrected chi connectivity index (χ4v) is 2.48. The van der Waals surface area contributed by atoms with E-state index in [4.69, 9.17) is 5.73 Å². The molecule has 1 aromatic carbocycles. The molecule has 2 nitrogen and oxygen atoms in total. The van der Waals surface area contributed by atoms with Crippen LogP contribution in [0.25, 0.3) is 0 Å². The Balaban J connectivity index is 2.02. The molecule has 0 heterocycles. The van der Waals surface area contributed by atoms with Crippen molar-refractivity contribution in [3.63, 3.8) is 0 Å². The largest absolute Gasteiger partial charge is 0.372 e. The molecule has 0 spiro atoms. The Hall–Kier alpha value is -1.02. The van der Waals surface area contributed by atoms with E-state index in [0.29, 0.717) is 5.41 Å². The maximum Gasteiger partial charge on any atom is 0.0366 e. The van der Waals surface area contributed by atoms with E-state index in [1.54, 1.807) is 0 Å². The molecule has 0 aliphatic heterocycles. The minimum Gasteiger partial charge on any atom is -0.372 e. The maximum absolute atomic E-state index is 5.83. The second-order valence-electron chi connectivity index (χ2n) is 5.22. The highest BCUT2D eigenvalue weighted by molar-refractivity contribution is 5.47. The van der Waals surface area contributed by atoms with Crippen LogP contribution in [0.15, 0.2) is 24.3 Å². The highest BCUT2D eigenvalue weighted by Crippen LogP contribution is 2.47. The van der Waals surface area contributed by atoms with Crippen LogP contribution in [0.1, 0.15) is 32.3 Å². The van der Waals surface area contributed by atoms with E-state index in [-0.39, 0.29) is 0 Å². The van der Waals surface area contributed by atoms with Gasteiger partial charge in [0.1, 0.15) is 0 Å². The lowest BCUT2D eigenvalue weighted by Crippen LogP contribution is -2.21. The SMILES string of the molecule is CCN(CC)c1ccc(CC2(CN)CC2)cc1. The Labute approximate surface area is 105 Å². The highest BCUT2D eigenvalue weighted by Gasteiger charge is 2.40. The summed E-state index contributed by atoms with van der Waals surface area (Å²) >= 11 is 0. The topological polar surface area (TPSA) is 29.3 Å². The first-order chi connectivity index (χ1) is 8.23. The first-order valence-electron chi connectivity index (χ1n) is 6.77. The fourth-order valence-electron chi connectivity index (χ4n) is 2.48. The van der Waals surface area contributed by atoms with Crippen molar-refractivity contribution in [2.45, 2.75) is 33.1 Å². The lowest BCUT2D eigenvalue weighted by molar-refractivity contribution is 0.521. The molecule has 0 radical (unpaired) electrons. The van der Waals surface area contributed by atoms with Gasteiger partial charge in [-0.15, -0.1) is 0 Å². The van der Waals surface area contributed by atoms with Crippen LogP contribution in [0.4, 0.5) is 5.69 Å². The quantitative estimate of drug-likeness (QED) is 0.817. The summed E-state index contributed by atoms with van der Waals surface area (Å²) in [5.41, 5.74) is 9.03. The van der Waals surface area contributed by atoms with Crippen molar-refractivity contribution in [2.24, 2.45) is 11.1 Å². The third-order valence-electron chi connectivity index (χ3n) is 4.03. The molecule has 2 N–H and O–H groups in total. The van der Waals surface area contributed by atoms with E-state index < -0.39 is 0 Å². The lowest BCUT2D eigenvalue weighted by atomic mass is 9.96. The van der Waals surface area contributed by atoms with E-state index in [2.05, 4.69) is 43.0 Å². The lowest BCUT2D eigenvalue weighted by Gasteiger charge is -2.21. The van der Waals surface area contributed by atoms with Crippen LogP contribution in [0.2, 0.25) is 0 Å². The fraction of sp³-hybridized carbons (Fsp3) is 0.600. The first kappa shape index (κ1) is 12.4. The molecule has 0 aromatic heterocycles. The molecule has 94 valence electrons. The average Bonchev–Trinajstić information content (AvgIpc) is 3.13. The summed E-state index contributed by atoms with van der Waals surface area (Å²) in [5.74, 6) is 0. The van der Waals surface area contributed by atoms with Gasteiger partial charge < -0.3 is 10.6 Å². The Morgan fingerprint density at radius 3 is 2.12 bits per heavy atom. The third kappa shape index (κ3) is 2.81. The van der Waals surface area contributed by atoms with Crippen LogP contribution in [0.3, 0.4) is 0 Å². The Morgan fingerprint density at radius 2 is 1.71 bits per heavy atom.